The summed E-state index contributed by atoms with van der Waals surface area (Å²) in [7, 11) is 1.82. The van der Waals surface area contributed by atoms with E-state index < -0.39 is 0 Å². The summed E-state index contributed by atoms with van der Waals surface area (Å²) >= 11 is 2.01. The Bertz CT molecular complexity index is 667. The first-order valence-electron chi connectivity index (χ1n) is 8.88. The van der Waals surface area contributed by atoms with E-state index in [1.807, 2.05) is 43.2 Å². The van der Waals surface area contributed by atoms with Gasteiger partial charge in [0.05, 0.1) is 12.2 Å². The Hall–Kier alpha value is -2.01. The number of hydrogen-bond donors (Lipinski definition) is 2. The molecular formula is C20H26N4S. The number of aromatic nitrogens is 1. The topological polar surface area (TPSA) is 49.3 Å². The van der Waals surface area contributed by atoms with Crippen molar-refractivity contribution in [3.8, 4) is 0 Å². The zero-order chi connectivity index (χ0) is 17.4. The summed E-state index contributed by atoms with van der Waals surface area (Å²) in [5, 5.41) is 6.89. The van der Waals surface area contributed by atoms with E-state index in [0.717, 1.165) is 18.2 Å². The van der Waals surface area contributed by atoms with Crippen molar-refractivity contribution in [3.05, 3.63) is 60.4 Å². The van der Waals surface area contributed by atoms with Crippen molar-refractivity contribution < 1.29 is 0 Å². The highest BCUT2D eigenvalue weighted by atomic mass is 32.2. The monoisotopic (exact) mass is 354 g/mol. The molecule has 0 amide bonds. The van der Waals surface area contributed by atoms with Gasteiger partial charge in [0.1, 0.15) is 0 Å². The van der Waals surface area contributed by atoms with Gasteiger partial charge in [0.25, 0.3) is 0 Å². The zero-order valence-corrected chi connectivity index (χ0v) is 15.6. The Labute approximate surface area is 154 Å². The van der Waals surface area contributed by atoms with Gasteiger partial charge >= 0.3 is 0 Å². The van der Waals surface area contributed by atoms with E-state index in [4.69, 9.17) is 0 Å². The van der Waals surface area contributed by atoms with Crippen LogP contribution >= 0.6 is 11.8 Å². The molecule has 0 saturated heterocycles. The zero-order valence-electron chi connectivity index (χ0n) is 14.7. The third-order valence-electron chi connectivity index (χ3n) is 4.56. The highest BCUT2D eigenvalue weighted by Crippen LogP contribution is 2.44. The molecule has 1 fully saturated rings. The molecule has 1 aliphatic rings. The molecule has 1 aromatic carbocycles. The van der Waals surface area contributed by atoms with Gasteiger partial charge in [0, 0.05) is 29.4 Å². The van der Waals surface area contributed by atoms with Gasteiger partial charge in [-0.05, 0) is 37.1 Å². The molecule has 0 bridgehead atoms. The van der Waals surface area contributed by atoms with Gasteiger partial charge in [-0.25, -0.2) is 0 Å². The molecule has 3 rings (SSSR count). The van der Waals surface area contributed by atoms with Crippen LogP contribution in [0.15, 0.2) is 64.6 Å². The minimum atomic E-state index is 0.254. The Morgan fingerprint density at radius 2 is 1.84 bits per heavy atom. The van der Waals surface area contributed by atoms with Crippen LogP contribution in [0.25, 0.3) is 0 Å². The number of thioether (sulfide) groups is 1. The van der Waals surface area contributed by atoms with E-state index >= 15 is 0 Å². The normalized spacial score (nSPS) is 16.6. The fourth-order valence-electron chi connectivity index (χ4n) is 3.22. The van der Waals surface area contributed by atoms with Crippen LogP contribution in [0, 0.1) is 0 Å². The smallest absolute Gasteiger partial charge is 0.191 e. The van der Waals surface area contributed by atoms with Crippen molar-refractivity contribution in [3.63, 3.8) is 0 Å². The third kappa shape index (κ3) is 5.23. The van der Waals surface area contributed by atoms with Gasteiger partial charge in [-0.15, -0.1) is 11.8 Å². The van der Waals surface area contributed by atoms with Crippen molar-refractivity contribution in [1.82, 2.24) is 15.6 Å². The number of hydrogen-bond acceptors (Lipinski definition) is 3. The lowest BCUT2D eigenvalue weighted by Gasteiger charge is -2.29. The molecule has 1 saturated carbocycles. The molecular weight excluding hydrogens is 328 g/mol. The SMILES string of the molecule is CN=C(NCc1ccccn1)NCC1(Sc2ccccc2)CCCC1. The summed E-state index contributed by atoms with van der Waals surface area (Å²) in [6, 6.07) is 16.7. The largest absolute Gasteiger partial charge is 0.355 e. The first-order chi connectivity index (χ1) is 12.3. The van der Waals surface area contributed by atoms with Gasteiger partial charge in [0.2, 0.25) is 0 Å². The summed E-state index contributed by atoms with van der Waals surface area (Å²) in [4.78, 5) is 10.1. The Morgan fingerprint density at radius 3 is 2.52 bits per heavy atom. The van der Waals surface area contributed by atoms with Crippen LogP contribution < -0.4 is 10.6 Å². The van der Waals surface area contributed by atoms with Crippen LogP contribution in [0.2, 0.25) is 0 Å². The summed E-state index contributed by atoms with van der Waals surface area (Å²) in [5.74, 6) is 0.839. The third-order valence-corrected chi connectivity index (χ3v) is 6.05. The van der Waals surface area contributed by atoms with Crippen LogP contribution in [0.5, 0.6) is 0 Å². The minimum Gasteiger partial charge on any atom is -0.355 e. The van der Waals surface area contributed by atoms with Gasteiger partial charge in [0.15, 0.2) is 5.96 Å². The number of guanidine groups is 1. The van der Waals surface area contributed by atoms with Gasteiger partial charge in [-0.2, -0.15) is 0 Å². The lowest BCUT2D eigenvalue weighted by atomic mass is 10.1. The van der Waals surface area contributed by atoms with Gasteiger partial charge in [-0.1, -0.05) is 37.1 Å². The maximum atomic E-state index is 4.36. The lowest BCUT2D eigenvalue weighted by Crippen LogP contribution is -2.44. The second kappa shape index (κ2) is 8.90. The highest BCUT2D eigenvalue weighted by Gasteiger charge is 2.35. The maximum Gasteiger partial charge on any atom is 0.191 e. The quantitative estimate of drug-likeness (QED) is 0.611. The average molecular weight is 355 g/mol. The molecule has 4 nitrogen and oxygen atoms in total. The lowest BCUT2D eigenvalue weighted by molar-refractivity contribution is 0.582. The van der Waals surface area contributed by atoms with Crippen LogP contribution in [0.1, 0.15) is 31.4 Å². The molecule has 0 aliphatic heterocycles. The fourth-order valence-corrected chi connectivity index (χ4v) is 4.65. The first-order valence-corrected chi connectivity index (χ1v) is 9.70. The number of nitrogens with one attached hydrogen (secondary N) is 2. The minimum absolute atomic E-state index is 0.254. The molecule has 132 valence electrons. The summed E-state index contributed by atoms with van der Waals surface area (Å²) in [6.07, 6.45) is 6.92. The fraction of sp³-hybridized carbons (Fsp3) is 0.400. The van der Waals surface area contributed by atoms with E-state index in [1.54, 1.807) is 0 Å². The molecule has 5 heteroatoms. The maximum absolute atomic E-state index is 4.36. The molecule has 1 aromatic heterocycles. The van der Waals surface area contributed by atoms with Crippen molar-refractivity contribution >= 4 is 17.7 Å². The van der Waals surface area contributed by atoms with E-state index in [2.05, 4.69) is 50.9 Å². The summed E-state index contributed by atoms with van der Waals surface area (Å²) < 4.78 is 0.254. The first kappa shape index (κ1) is 17.8. The molecule has 2 N–H and O–H groups in total. The van der Waals surface area contributed by atoms with E-state index in [1.165, 1.54) is 30.6 Å². The van der Waals surface area contributed by atoms with E-state index in [9.17, 15) is 0 Å². The summed E-state index contributed by atoms with van der Waals surface area (Å²) in [5.41, 5.74) is 1.01. The van der Waals surface area contributed by atoms with Gasteiger partial charge < -0.3 is 10.6 Å². The van der Waals surface area contributed by atoms with Crippen molar-refractivity contribution in [2.45, 2.75) is 41.9 Å². The molecule has 0 radical (unpaired) electrons. The van der Waals surface area contributed by atoms with Crippen LogP contribution in [0.4, 0.5) is 0 Å². The predicted octanol–water partition coefficient (Wildman–Crippen LogP) is 3.85. The highest BCUT2D eigenvalue weighted by molar-refractivity contribution is 8.00. The van der Waals surface area contributed by atoms with E-state index in [0.29, 0.717) is 6.54 Å². The number of pyridine rings is 1. The number of nitrogens with zero attached hydrogens (tertiary/aromatic N) is 2. The van der Waals surface area contributed by atoms with Crippen molar-refractivity contribution in [1.29, 1.82) is 0 Å². The Balaban J connectivity index is 1.56. The number of benzene rings is 1. The van der Waals surface area contributed by atoms with Crippen LogP contribution in [-0.2, 0) is 6.54 Å². The second-order valence-electron chi connectivity index (χ2n) is 6.41. The molecule has 0 spiro atoms. The van der Waals surface area contributed by atoms with Crippen molar-refractivity contribution in [2.24, 2.45) is 4.99 Å². The summed E-state index contributed by atoms with van der Waals surface area (Å²) in [6.45, 7) is 1.60. The molecule has 25 heavy (non-hydrogen) atoms. The molecule has 0 unspecified atom stereocenters. The van der Waals surface area contributed by atoms with Gasteiger partial charge in [-0.3, -0.25) is 9.98 Å². The van der Waals surface area contributed by atoms with Crippen LogP contribution in [0.3, 0.4) is 0 Å². The predicted molar refractivity (Wildman–Crippen MR) is 106 cm³/mol. The Morgan fingerprint density at radius 1 is 1.08 bits per heavy atom. The average Bonchev–Trinajstić information content (AvgIpc) is 3.12. The molecule has 1 aliphatic carbocycles. The molecule has 0 atom stereocenters. The van der Waals surface area contributed by atoms with E-state index in [-0.39, 0.29) is 4.75 Å². The van der Waals surface area contributed by atoms with Crippen molar-refractivity contribution in [2.75, 3.05) is 13.6 Å². The number of rotatable bonds is 6. The molecule has 1 heterocycles. The molecule has 2 aromatic rings. The van der Waals surface area contributed by atoms with Crippen LogP contribution in [-0.4, -0.2) is 29.3 Å². The second-order valence-corrected chi connectivity index (χ2v) is 7.95. The standard InChI is InChI=1S/C20H26N4S/c1-21-19(23-15-17-9-5-8-14-22-17)24-16-20(12-6-7-13-20)25-18-10-3-2-4-11-18/h2-5,8-11,14H,6-7,12-13,15-16H2,1H3,(H2,21,23,24). The Kier molecular flexibility index (Phi) is 6.34. The number of aliphatic imine (C=N–C) groups is 1.